The largest absolute Gasteiger partial charge is 0.493 e. The van der Waals surface area contributed by atoms with Crippen LogP contribution in [-0.4, -0.2) is 26.3 Å². The van der Waals surface area contributed by atoms with Crippen LogP contribution in [0.1, 0.15) is 16.1 Å². The van der Waals surface area contributed by atoms with E-state index in [4.69, 9.17) is 14.2 Å². The van der Waals surface area contributed by atoms with Gasteiger partial charge in [0.05, 0.1) is 27.0 Å². The summed E-state index contributed by atoms with van der Waals surface area (Å²) in [6.07, 6.45) is 1.63. The number of nitrogens with zero attached hydrogens (tertiary/aromatic N) is 2. The van der Waals surface area contributed by atoms with E-state index in [0.29, 0.717) is 33.5 Å². The number of aromatic nitrogens is 1. The van der Waals surface area contributed by atoms with Gasteiger partial charge in [-0.05, 0) is 31.0 Å². The Morgan fingerprint density at radius 3 is 2.30 bits per heavy atom. The summed E-state index contributed by atoms with van der Waals surface area (Å²) < 4.78 is 16.1. The summed E-state index contributed by atoms with van der Waals surface area (Å²) in [6.45, 7) is 4.16. The van der Waals surface area contributed by atoms with Gasteiger partial charge in [-0.2, -0.15) is 5.26 Å². The molecule has 0 amide bonds. The first-order valence-corrected chi connectivity index (χ1v) is 10.1. The van der Waals surface area contributed by atoms with Crippen molar-refractivity contribution in [2.75, 3.05) is 26.6 Å². The quantitative estimate of drug-likeness (QED) is 0.513. The van der Waals surface area contributed by atoms with Crippen LogP contribution < -0.4 is 19.5 Å². The van der Waals surface area contributed by atoms with E-state index in [1.165, 1.54) is 22.5 Å². The third-order valence-electron chi connectivity index (χ3n) is 4.71. The summed E-state index contributed by atoms with van der Waals surface area (Å²) in [5.74, 6) is 1.56. The molecule has 0 atom stereocenters. The molecule has 0 aliphatic heterocycles. The number of allylic oxidation sites excluding steroid dienone is 1. The van der Waals surface area contributed by atoms with Gasteiger partial charge in [0.1, 0.15) is 16.6 Å². The van der Waals surface area contributed by atoms with E-state index in [-0.39, 0.29) is 0 Å². The Morgan fingerprint density at radius 1 is 1.03 bits per heavy atom. The highest BCUT2D eigenvalue weighted by atomic mass is 32.1. The van der Waals surface area contributed by atoms with E-state index in [9.17, 15) is 5.26 Å². The summed E-state index contributed by atoms with van der Waals surface area (Å²) in [7, 11) is 4.67. The topological polar surface area (TPSA) is 76.4 Å². The van der Waals surface area contributed by atoms with E-state index in [1.807, 2.05) is 11.4 Å². The van der Waals surface area contributed by atoms with Gasteiger partial charge >= 0.3 is 0 Å². The van der Waals surface area contributed by atoms with E-state index in [2.05, 4.69) is 42.4 Å². The zero-order valence-electron chi connectivity index (χ0n) is 17.6. The molecule has 6 nitrogen and oxygen atoms in total. The van der Waals surface area contributed by atoms with Gasteiger partial charge in [0.25, 0.3) is 0 Å². The van der Waals surface area contributed by atoms with Crippen molar-refractivity contribution in [3.63, 3.8) is 0 Å². The molecule has 3 rings (SSSR count). The fraction of sp³-hybridized carbons (Fsp3) is 0.217. The lowest BCUT2D eigenvalue weighted by atomic mass is 10.1. The van der Waals surface area contributed by atoms with Crippen molar-refractivity contribution in [1.29, 1.82) is 5.26 Å². The first kappa shape index (κ1) is 21.2. The van der Waals surface area contributed by atoms with Crippen molar-refractivity contribution in [3.8, 4) is 34.6 Å². The van der Waals surface area contributed by atoms with Gasteiger partial charge in [-0.15, -0.1) is 11.3 Å². The zero-order chi connectivity index (χ0) is 21.7. The summed E-state index contributed by atoms with van der Waals surface area (Å²) in [4.78, 5) is 4.65. The number of aryl methyl sites for hydroxylation is 2. The number of nitrogens with one attached hydrogen (secondary N) is 1. The molecule has 0 saturated carbocycles. The van der Waals surface area contributed by atoms with Gasteiger partial charge in [-0.1, -0.05) is 12.1 Å². The van der Waals surface area contributed by atoms with Crippen LogP contribution in [0.25, 0.3) is 16.8 Å². The molecule has 0 fully saturated rings. The zero-order valence-corrected chi connectivity index (χ0v) is 18.4. The maximum absolute atomic E-state index is 9.64. The number of anilines is 1. The van der Waals surface area contributed by atoms with Gasteiger partial charge in [0.2, 0.25) is 5.75 Å². The van der Waals surface area contributed by atoms with Crippen LogP contribution in [0.2, 0.25) is 0 Å². The highest BCUT2D eigenvalue weighted by molar-refractivity contribution is 7.11. The van der Waals surface area contributed by atoms with E-state index in [0.717, 1.165) is 11.3 Å². The lowest BCUT2D eigenvalue weighted by Crippen LogP contribution is -1.98. The van der Waals surface area contributed by atoms with Crippen LogP contribution in [0, 0.1) is 25.2 Å². The van der Waals surface area contributed by atoms with Crippen molar-refractivity contribution in [1.82, 2.24) is 4.98 Å². The Bertz CT molecular complexity index is 1100. The summed E-state index contributed by atoms with van der Waals surface area (Å²) in [6, 6.07) is 12.0. The second-order valence-electron chi connectivity index (χ2n) is 6.57. The minimum absolute atomic E-state index is 0.434. The number of rotatable bonds is 7. The molecular weight excluding hydrogens is 398 g/mol. The average Bonchev–Trinajstić information content (AvgIpc) is 3.25. The number of hydrogen-bond donors (Lipinski definition) is 1. The molecule has 0 unspecified atom stereocenters. The second kappa shape index (κ2) is 9.33. The molecule has 3 aromatic rings. The van der Waals surface area contributed by atoms with Crippen molar-refractivity contribution in [3.05, 3.63) is 58.0 Å². The van der Waals surface area contributed by atoms with Crippen LogP contribution in [0.15, 0.2) is 41.9 Å². The van der Waals surface area contributed by atoms with Gasteiger partial charge in [0.15, 0.2) is 11.5 Å². The van der Waals surface area contributed by atoms with Crippen LogP contribution in [0.4, 0.5) is 5.69 Å². The first-order chi connectivity index (χ1) is 14.5. The molecule has 154 valence electrons. The third-order valence-corrected chi connectivity index (χ3v) is 5.58. The van der Waals surface area contributed by atoms with E-state index < -0.39 is 0 Å². The molecule has 1 heterocycles. The number of hydrogen-bond acceptors (Lipinski definition) is 7. The van der Waals surface area contributed by atoms with Crippen LogP contribution in [0.3, 0.4) is 0 Å². The third kappa shape index (κ3) is 4.39. The van der Waals surface area contributed by atoms with Crippen LogP contribution in [0.5, 0.6) is 17.2 Å². The monoisotopic (exact) mass is 421 g/mol. The molecule has 1 aromatic heterocycles. The minimum atomic E-state index is 0.434. The molecule has 30 heavy (non-hydrogen) atoms. The molecule has 0 bridgehead atoms. The van der Waals surface area contributed by atoms with Crippen molar-refractivity contribution < 1.29 is 14.2 Å². The second-order valence-corrected chi connectivity index (χ2v) is 7.42. The van der Waals surface area contributed by atoms with E-state index >= 15 is 0 Å². The lowest BCUT2D eigenvalue weighted by Gasteiger charge is -2.14. The summed E-state index contributed by atoms with van der Waals surface area (Å²) in [5.41, 5.74) is 5.47. The first-order valence-electron chi connectivity index (χ1n) is 9.21. The van der Waals surface area contributed by atoms with Crippen LogP contribution in [-0.2, 0) is 0 Å². The fourth-order valence-electron chi connectivity index (χ4n) is 2.89. The van der Waals surface area contributed by atoms with Gasteiger partial charge in [0, 0.05) is 35.0 Å². The molecule has 2 aromatic carbocycles. The van der Waals surface area contributed by atoms with Crippen molar-refractivity contribution in [2.45, 2.75) is 13.8 Å². The van der Waals surface area contributed by atoms with Gasteiger partial charge in [-0.25, -0.2) is 4.98 Å². The minimum Gasteiger partial charge on any atom is -0.493 e. The van der Waals surface area contributed by atoms with Crippen molar-refractivity contribution in [2.24, 2.45) is 0 Å². The predicted molar refractivity (Wildman–Crippen MR) is 120 cm³/mol. The van der Waals surface area contributed by atoms with Crippen LogP contribution >= 0.6 is 11.3 Å². The number of benzene rings is 2. The number of ether oxygens (including phenoxy) is 3. The van der Waals surface area contributed by atoms with E-state index in [1.54, 1.807) is 39.7 Å². The molecule has 7 heteroatoms. The highest BCUT2D eigenvalue weighted by Crippen LogP contribution is 2.40. The highest BCUT2D eigenvalue weighted by Gasteiger charge is 2.14. The number of methoxy groups -OCH3 is 3. The Kier molecular flexibility index (Phi) is 6.60. The predicted octanol–water partition coefficient (Wildman–Crippen LogP) is 5.43. The average molecular weight is 422 g/mol. The SMILES string of the molecule is COc1cc(N/C=C(\C#N)c2nc(-c3ccc(C)c(C)c3)cs2)cc(OC)c1OC. The molecule has 0 aliphatic rings. The Balaban J connectivity index is 1.88. The maximum Gasteiger partial charge on any atom is 0.203 e. The number of nitriles is 1. The normalized spacial score (nSPS) is 11.0. The van der Waals surface area contributed by atoms with Gasteiger partial charge < -0.3 is 19.5 Å². The molecule has 0 radical (unpaired) electrons. The van der Waals surface area contributed by atoms with Gasteiger partial charge in [-0.3, -0.25) is 0 Å². The molecule has 0 aliphatic carbocycles. The molecule has 0 saturated heterocycles. The maximum atomic E-state index is 9.64. The molecule has 1 N–H and O–H groups in total. The summed E-state index contributed by atoms with van der Waals surface area (Å²) in [5, 5.41) is 15.4. The lowest BCUT2D eigenvalue weighted by molar-refractivity contribution is 0.324. The fourth-order valence-corrected chi connectivity index (χ4v) is 3.69. The summed E-state index contributed by atoms with van der Waals surface area (Å²) >= 11 is 1.43. The molecule has 0 spiro atoms. The molecular formula is C23H23N3O3S. The van der Waals surface area contributed by atoms with Crippen molar-refractivity contribution >= 4 is 22.6 Å². The Morgan fingerprint density at radius 2 is 1.73 bits per heavy atom. The Hall–Kier alpha value is -3.50. The smallest absolute Gasteiger partial charge is 0.203 e. The standard InChI is InChI=1S/C23H23N3O3S/c1-14-6-7-16(8-15(14)2)19-13-30-23(26-19)17(11-24)12-25-18-9-20(27-3)22(29-5)21(10-18)28-4/h6-10,12-13,25H,1-5H3/b17-12+. The number of thiazole rings is 1. The Labute approximate surface area is 180 Å².